The van der Waals surface area contributed by atoms with Gasteiger partial charge in [-0.1, -0.05) is 0 Å². The van der Waals surface area contributed by atoms with Crippen LogP contribution in [-0.4, -0.2) is 35.0 Å². The van der Waals surface area contributed by atoms with Crippen LogP contribution >= 0.6 is 0 Å². The molecule has 0 aromatic carbocycles. The molecule has 8 heteroatoms. The number of pyridine rings is 1. The van der Waals surface area contributed by atoms with Crippen LogP contribution in [0.1, 0.15) is 10.4 Å². The number of nitrogens with one attached hydrogen (secondary N) is 1. The number of aromatic nitrogens is 1. The second-order valence-electron chi connectivity index (χ2n) is 3.14. The first-order valence-electron chi connectivity index (χ1n) is 4.41. The Morgan fingerprint density at radius 3 is 2.71 bits per heavy atom. The number of halogens is 4. The summed E-state index contributed by atoms with van der Waals surface area (Å²) in [6, 6.07) is 1.12. The first kappa shape index (κ1) is 13.2. The van der Waals surface area contributed by atoms with Crippen molar-refractivity contribution in [3.63, 3.8) is 0 Å². The van der Waals surface area contributed by atoms with Crippen LogP contribution < -0.4 is 5.32 Å². The van der Waals surface area contributed by atoms with Crippen LogP contribution in [0.3, 0.4) is 0 Å². The Kier molecular flexibility index (Phi) is 3.87. The molecule has 1 heterocycles. The summed E-state index contributed by atoms with van der Waals surface area (Å²) in [6.45, 7) is -1.35. The van der Waals surface area contributed by atoms with E-state index in [0.717, 1.165) is 18.5 Å². The lowest BCUT2D eigenvalue weighted by Crippen LogP contribution is -2.35. The summed E-state index contributed by atoms with van der Waals surface area (Å²) in [5.41, 5.74) is -0.551. The number of carboxylic acids is 1. The fraction of sp³-hybridized carbons (Fsp3) is 0.333. The summed E-state index contributed by atoms with van der Waals surface area (Å²) in [4.78, 5) is 14.2. The summed E-state index contributed by atoms with van der Waals surface area (Å²) in [7, 11) is 0. The molecule has 0 unspecified atom stereocenters. The standard InChI is InChI=1S/C9H8F4N2O2/c10-8(11)9(12,13)4-15-6-1-2-14-3-5(6)7(16)17/h1-3,8H,4H2,(H,14,15)(H,16,17). The number of aromatic carboxylic acids is 1. The van der Waals surface area contributed by atoms with Crippen molar-refractivity contribution in [1.82, 2.24) is 4.98 Å². The van der Waals surface area contributed by atoms with Gasteiger partial charge in [-0.25, -0.2) is 13.6 Å². The molecule has 17 heavy (non-hydrogen) atoms. The van der Waals surface area contributed by atoms with E-state index >= 15 is 0 Å². The number of anilines is 1. The third-order valence-electron chi connectivity index (χ3n) is 1.89. The van der Waals surface area contributed by atoms with Gasteiger partial charge < -0.3 is 10.4 Å². The quantitative estimate of drug-likeness (QED) is 0.788. The minimum atomic E-state index is -4.22. The molecule has 0 spiro atoms. The number of carbonyl (C=O) groups is 1. The van der Waals surface area contributed by atoms with Gasteiger partial charge in [-0.2, -0.15) is 8.78 Å². The number of carboxylic acid groups (broad SMARTS) is 1. The van der Waals surface area contributed by atoms with Crippen molar-refractivity contribution >= 4 is 11.7 Å². The Bertz CT molecular complexity index is 412. The molecule has 0 aliphatic rings. The van der Waals surface area contributed by atoms with Crippen LogP contribution in [0.15, 0.2) is 18.5 Å². The summed E-state index contributed by atoms with van der Waals surface area (Å²) in [5.74, 6) is -5.61. The van der Waals surface area contributed by atoms with Gasteiger partial charge in [0, 0.05) is 12.4 Å². The van der Waals surface area contributed by atoms with Crippen molar-refractivity contribution in [2.24, 2.45) is 0 Å². The predicted octanol–water partition coefficient (Wildman–Crippen LogP) is 2.09. The van der Waals surface area contributed by atoms with Crippen molar-refractivity contribution in [3.8, 4) is 0 Å². The highest BCUT2D eigenvalue weighted by molar-refractivity contribution is 5.93. The van der Waals surface area contributed by atoms with Crippen molar-refractivity contribution in [2.45, 2.75) is 12.3 Å². The van der Waals surface area contributed by atoms with Crippen molar-refractivity contribution in [2.75, 3.05) is 11.9 Å². The molecular formula is C9H8F4N2O2. The summed E-state index contributed by atoms with van der Waals surface area (Å²) >= 11 is 0. The van der Waals surface area contributed by atoms with Crippen LogP contribution in [-0.2, 0) is 0 Å². The highest BCUT2D eigenvalue weighted by atomic mass is 19.3. The number of alkyl halides is 4. The molecule has 0 saturated carbocycles. The van der Waals surface area contributed by atoms with E-state index in [0.29, 0.717) is 0 Å². The molecule has 4 nitrogen and oxygen atoms in total. The van der Waals surface area contributed by atoms with Gasteiger partial charge in [-0.05, 0) is 6.07 Å². The molecule has 0 saturated heterocycles. The van der Waals surface area contributed by atoms with Gasteiger partial charge in [-0.3, -0.25) is 4.98 Å². The second-order valence-corrected chi connectivity index (χ2v) is 3.14. The normalized spacial score (nSPS) is 11.6. The molecule has 0 aliphatic heterocycles. The van der Waals surface area contributed by atoms with Crippen LogP contribution in [0, 0.1) is 0 Å². The lowest BCUT2D eigenvalue weighted by Gasteiger charge is -2.17. The molecule has 0 amide bonds. The number of hydrogen-bond donors (Lipinski definition) is 2. The SMILES string of the molecule is O=C(O)c1cnccc1NCC(F)(F)C(F)F. The van der Waals surface area contributed by atoms with Crippen LogP contribution in [0.2, 0.25) is 0 Å². The molecular weight excluding hydrogens is 244 g/mol. The van der Waals surface area contributed by atoms with Gasteiger partial charge in [0.25, 0.3) is 0 Å². The Hall–Kier alpha value is -1.86. The van der Waals surface area contributed by atoms with Crippen molar-refractivity contribution in [3.05, 3.63) is 24.0 Å². The van der Waals surface area contributed by atoms with Crippen LogP contribution in [0.4, 0.5) is 23.2 Å². The molecule has 1 rings (SSSR count). The fourth-order valence-electron chi connectivity index (χ4n) is 1.01. The van der Waals surface area contributed by atoms with E-state index in [4.69, 9.17) is 5.11 Å². The van der Waals surface area contributed by atoms with E-state index in [1.54, 1.807) is 0 Å². The Labute approximate surface area is 93.3 Å². The zero-order chi connectivity index (χ0) is 13.1. The van der Waals surface area contributed by atoms with E-state index in [2.05, 4.69) is 4.98 Å². The Morgan fingerprint density at radius 2 is 2.18 bits per heavy atom. The van der Waals surface area contributed by atoms with Gasteiger partial charge in [-0.15, -0.1) is 0 Å². The molecule has 0 atom stereocenters. The molecule has 0 radical (unpaired) electrons. The molecule has 1 aromatic heterocycles. The maximum Gasteiger partial charge on any atom is 0.339 e. The molecule has 0 aliphatic carbocycles. The zero-order valence-corrected chi connectivity index (χ0v) is 8.33. The monoisotopic (exact) mass is 252 g/mol. The highest BCUT2D eigenvalue weighted by Crippen LogP contribution is 2.24. The maximum atomic E-state index is 12.6. The predicted molar refractivity (Wildman–Crippen MR) is 50.6 cm³/mol. The minimum absolute atomic E-state index is 0.187. The van der Waals surface area contributed by atoms with Gasteiger partial charge in [0.1, 0.15) is 5.56 Å². The molecule has 2 N–H and O–H groups in total. The van der Waals surface area contributed by atoms with E-state index in [9.17, 15) is 22.4 Å². The lowest BCUT2D eigenvalue weighted by atomic mass is 10.2. The fourth-order valence-corrected chi connectivity index (χ4v) is 1.01. The Morgan fingerprint density at radius 1 is 1.53 bits per heavy atom. The molecule has 0 bridgehead atoms. The smallest absolute Gasteiger partial charge is 0.339 e. The van der Waals surface area contributed by atoms with Gasteiger partial charge in [0.2, 0.25) is 0 Å². The lowest BCUT2D eigenvalue weighted by molar-refractivity contribution is -0.117. The topological polar surface area (TPSA) is 62.2 Å². The average molecular weight is 252 g/mol. The van der Waals surface area contributed by atoms with E-state index in [1.807, 2.05) is 5.32 Å². The number of rotatable bonds is 5. The van der Waals surface area contributed by atoms with E-state index in [1.165, 1.54) is 0 Å². The summed E-state index contributed by atoms with van der Waals surface area (Å²) in [6.07, 6.45) is -1.72. The van der Waals surface area contributed by atoms with Gasteiger partial charge in [0.05, 0.1) is 12.2 Å². The third-order valence-corrected chi connectivity index (χ3v) is 1.89. The van der Waals surface area contributed by atoms with Gasteiger partial charge in [0.15, 0.2) is 0 Å². The number of hydrogen-bond acceptors (Lipinski definition) is 3. The van der Waals surface area contributed by atoms with Crippen LogP contribution in [0.25, 0.3) is 0 Å². The van der Waals surface area contributed by atoms with Gasteiger partial charge >= 0.3 is 18.3 Å². The minimum Gasteiger partial charge on any atom is -0.478 e. The zero-order valence-electron chi connectivity index (χ0n) is 8.33. The summed E-state index contributed by atoms with van der Waals surface area (Å²) in [5, 5.41) is 10.7. The molecule has 1 aromatic rings. The van der Waals surface area contributed by atoms with E-state index < -0.39 is 24.9 Å². The first-order valence-corrected chi connectivity index (χ1v) is 4.41. The Balaban J connectivity index is 2.79. The maximum absolute atomic E-state index is 12.6. The van der Waals surface area contributed by atoms with Crippen LogP contribution in [0.5, 0.6) is 0 Å². The van der Waals surface area contributed by atoms with Crippen molar-refractivity contribution < 1.29 is 27.5 Å². The number of nitrogens with zero attached hydrogens (tertiary/aromatic N) is 1. The summed E-state index contributed by atoms with van der Waals surface area (Å²) < 4.78 is 48.9. The largest absolute Gasteiger partial charge is 0.478 e. The van der Waals surface area contributed by atoms with E-state index in [-0.39, 0.29) is 11.3 Å². The molecule has 0 fully saturated rings. The third kappa shape index (κ3) is 3.30. The average Bonchev–Trinajstić information content (AvgIpc) is 2.26. The van der Waals surface area contributed by atoms with Crippen molar-refractivity contribution in [1.29, 1.82) is 0 Å². The highest BCUT2D eigenvalue weighted by Gasteiger charge is 2.40. The second kappa shape index (κ2) is 4.98. The first-order chi connectivity index (χ1) is 7.84. The molecule has 94 valence electrons.